The number of nitrogens with zero attached hydrogens (tertiary/aromatic N) is 2. The van der Waals surface area contributed by atoms with Gasteiger partial charge < -0.3 is 5.32 Å². The molecule has 1 aromatic rings. The minimum Gasteiger partial charge on any atom is -0.311 e. The van der Waals surface area contributed by atoms with E-state index in [1.807, 2.05) is 0 Å². The van der Waals surface area contributed by atoms with Crippen molar-refractivity contribution in [1.29, 1.82) is 5.26 Å². The highest BCUT2D eigenvalue weighted by Crippen LogP contribution is 2.31. The van der Waals surface area contributed by atoms with Crippen LogP contribution < -0.4 is 5.32 Å². The third-order valence-corrected chi connectivity index (χ3v) is 6.60. The molecule has 0 amide bonds. The monoisotopic (exact) mass is 323 g/mol. The standard InChI is InChI=1S/C15H18FN3O2S/c1-19(13-7-11-2-3-12(8-13)18-11)22(20,21)14-4-5-15(16)10(6-14)9-17/h4-6,11-13,18H,2-3,7-8H2,1H3. The van der Waals surface area contributed by atoms with Crippen molar-refractivity contribution in [3.63, 3.8) is 0 Å². The van der Waals surface area contributed by atoms with E-state index < -0.39 is 15.8 Å². The van der Waals surface area contributed by atoms with Crippen molar-refractivity contribution in [2.45, 2.75) is 48.7 Å². The van der Waals surface area contributed by atoms with Gasteiger partial charge in [-0.2, -0.15) is 9.57 Å². The highest BCUT2D eigenvalue weighted by molar-refractivity contribution is 7.89. The van der Waals surface area contributed by atoms with Gasteiger partial charge in [0.2, 0.25) is 10.0 Å². The Kier molecular flexibility index (Phi) is 3.93. The predicted octanol–water partition coefficient (Wildman–Crippen LogP) is 1.60. The first kappa shape index (κ1) is 15.4. The number of halogens is 1. The van der Waals surface area contributed by atoms with Crippen molar-refractivity contribution in [3.05, 3.63) is 29.6 Å². The highest BCUT2D eigenvalue weighted by Gasteiger charge is 2.38. The van der Waals surface area contributed by atoms with Crippen molar-refractivity contribution in [2.75, 3.05) is 7.05 Å². The summed E-state index contributed by atoms with van der Waals surface area (Å²) in [6, 6.07) is 5.75. The smallest absolute Gasteiger partial charge is 0.243 e. The van der Waals surface area contributed by atoms with Gasteiger partial charge in [-0.25, -0.2) is 12.8 Å². The molecular weight excluding hydrogens is 305 g/mol. The van der Waals surface area contributed by atoms with Crippen molar-refractivity contribution >= 4 is 10.0 Å². The molecule has 0 aromatic heterocycles. The van der Waals surface area contributed by atoms with Crippen LogP contribution in [-0.2, 0) is 10.0 Å². The zero-order valence-electron chi connectivity index (χ0n) is 12.3. The van der Waals surface area contributed by atoms with E-state index in [1.54, 1.807) is 13.1 Å². The minimum atomic E-state index is -3.72. The fourth-order valence-electron chi connectivity index (χ4n) is 3.44. The summed E-state index contributed by atoms with van der Waals surface area (Å²) in [5, 5.41) is 12.3. The van der Waals surface area contributed by atoms with Gasteiger partial charge in [0.25, 0.3) is 0 Å². The maximum absolute atomic E-state index is 13.4. The summed E-state index contributed by atoms with van der Waals surface area (Å²) in [4.78, 5) is -0.0289. The third-order valence-electron chi connectivity index (χ3n) is 4.70. The minimum absolute atomic E-state index is 0.0289. The van der Waals surface area contributed by atoms with Crippen molar-refractivity contribution in [2.24, 2.45) is 0 Å². The maximum atomic E-state index is 13.4. The number of nitrogens with one attached hydrogen (secondary N) is 1. The Hall–Kier alpha value is -1.49. The Morgan fingerprint density at radius 2 is 1.95 bits per heavy atom. The number of rotatable bonds is 3. The van der Waals surface area contributed by atoms with Gasteiger partial charge in [0.05, 0.1) is 10.5 Å². The molecule has 0 saturated carbocycles. The van der Waals surface area contributed by atoms with Gasteiger partial charge in [-0.1, -0.05) is 0 Å². The van der Waals surface area contributed by atoms with Crippen molar-refractivity contribution in [3.8, 4) is 6.07 Å². The van der Waals surface area contributed by atoms with Crippen LogP contribution in [0.3, 0.4) is 0 Å². The number of hydrogen-bond donors (Lipinski definition) is 1. The average molecular weight is 323 g/mol. The second kappa shape index (κ2) is 5.61. The van der Waals surface area contributed by atoms with Crippen LogP contribution in [0.1, 0.15) is 31.2 Å². The molecule has 2 aliphatic heterocycles. The van der Waals surface area contributed by atoms with E-state index in [0.29, 0.717) is 12.1 Å². The van der Waals surface area contributed by atoms with E-state index in [1.165, 1.54) is 10.4 Å². The van der Waals surface area contributed by atoms with E-state index in [-0.39, 0.29) is 16.5 Å². The topological polar surface area (TPSA) is 73.2 Å². The van der Waals surface area contributed by atoms with Gasteiger partial charge in [-0.3, -0.25) is 0 Å². The number of piperidine rings is 1. The zero-order valence-corrected chi connectivity index (χ0v) is 13.1. The molecule has 2 fully saturated rings. The summed E-state index contributed by atoms with van der Waals surface area (Å²) in [5.41, 5.74) is -0.250. The Balaban J connectivity index is 1.87. The summed E-state index contributed by atoms with van der Waals surface area (Å²) in [6.07, 6.45) is 3.76. The molecule has 22 heavy (non-hydrogen) atoms. The summed E-state index contributed by atoms with van der Waals surface area (Å²) >= 11 is 0. The van der Waals surface area contributed by atoms with Gasteiger partial charge in [0.15, 0.2) is 0 Å². The lowest BCUT2D eigenvalue weighted by Crippen LogP contribution is -2.48. The quantitative estimate of drug-likeness (QED) is 0.917. The number of nitriles is 1. The van der Waals surface area contributed by atoms with Crippen LogP contribution in [0.25, 0.3) is 0 Å². The van der Waals surface area contributed by atoms with Crippen LogP contribution >= 0.6 is 0 Å². The predicted molar refractivity (Wildman–Crippen MR) is 79.0 cm³/mol. The van der Waals surface area contributed by atoms with E-state index in [2.05, 4.69) is 5.32 Å². The molecule has 3 rings (SSSR count). The third kappa shape index (κ3) is 2.62. The molecule has 118 valence electrons. The van der Waals surface area contributed by atoms with Crippen LogP contribution in [0.4, 0.5) is 4.39 Å². The van der Waals surface area contributed by atoms with Crippen molar-refractivity contribution < 1.29 is 12.8 Å². The molecule has 2 unspecified atom stereocenters. The molecule has 2 bridgehead atoms. The fraction of sp³-hybridized carbons (Fsp3) is 0.533. The van der Waals surface area contributed by atoms with Gasteiger partial charge >= 0.3 is 0 Å². The molecule has 0 spiro atoms. The van der Waals surface area contributed by atoms with E-state index in [4.69, 9.17) is 5.26 Å². The van der Waals surface area contributed by atoms with E-state index in [9.17, 15) is 12.8 Å². The summed E-state index contributed by atoms with van der Waals surface area (Å²) < 4.78 is 40.2. The fourth-order valence-corrected chi connectivity index (χ4v) is 4.84. The number of hydrogen-bond acceptors (Lipinski definition) is 4. The lowest BCUT2D eigenvalue weighted by atomic mass is 10.0. The second-order valence-corrected chi connectivity index (χ2v) is 8.04. The Morgan fingerprint density at radius 1 is 1.32 bits per heavy atom. The van der Waals surface area contributed by atoms with Gasteiger partial charge in [-0.05, 0) is 43.9 Å². The second-order valence-electron chi connectivity index (χ2n) is 6.04. The average Bonchev–Trinajstić information content (AvgIpc) is 2.85. The molecule has 2 atom stereocenters. The van der Waals surface area contributed by atoms with E-state index >= 15 is 0 Å². The Labute approximate surface area is 129 Å². The molecule has 2 saturated heterocycles. The number of benzene rings is 1. The largest absolute Gasteiger partial charge is 0.311 e. The van der Waals surface area contributed by atoms with Crippen LogP contribution in [0.2, 0.25) is 0 Å². The molecule has 2 heterocycles. The van der Waals surface area contributed by atoms with Gasteiger partial charge in [0, 0.05) is 25.2 Å². The Morgan fingerprint density at radius 3 is 2.55 bits per heavy atom. The number of fused-ring (bicyclic) bond motifs is 2. The highest BCUT2D eigenvalue weighted by atomic mass is 32.2. The van der Waals surface area contributed by atoms with Crippen LogP contribution in [-0.4, -0.2) is 37.9 Å². The van der Waals surface area contributed by atoms with Gasteiger partial charge in [-0.15, -0.1) is 0 Å². The van der Waals surface area contributed by atoms with Gasteiger partial charge in [0.1, 0.15) is 11.9 Å². The van der Waals surface area contributed by atoms with Crippen LogP contribution in [0.5, 0.6) is 0 Å². The van der Waals surface area contributed by atoms with Crippen LogP contribution in [0.15, 0.2) is 23.1 Å². The van der Waals surface area contributed by atoms with Crippen LogP contribution in [0, 0.1) is 17.1 Å². The Bertz CT molecular complexity index is 717. The lowest BCUT2D eigenvalue weighted by Gasteiger charge is -2.34. The summed E-state index contributed by atoms with van der Waals surface area (Å²) in [5.74, 6) is -0.705. The molecule has 1 N–H and O–H groups in total. The SMILES string of the molecule is CN(C1CC2CCC(C1)N2)S(=O)(=O)c1ccc(F)c(C#N)c1. The number of sulfonamides is 1. The zero-order chi connectivity index (χ0) is 15.9. The van der Waals surface area contributed by atoms with E-state index in [0.717, 1.165) is 37.8 Å². The first-order valence-electron chi connectivity index (χ1n) is 7.35. The molecule has 7 heteroatoms. The summed E-state index contributed by atoms with van der Waals surface area (Å²) in [6.45, 7) is 0. The molecule has 0 radical (unpaired) electrons. The molecule has 0 aliphatic carbocycles. The normalized spacial score (nSPS) is 27.8. The molecular formula is C15H18FN3O2S. The molecule has 5 nitrogen and oxygen atoms in total. The maximum Gasteiger partial charge on any atom is 0.243 e. The first-order valence-corrected chi connectivity index (χ1v) is 8.79. The lowest BCUT2D eigenvalue weighted by molar-refractivity contribution is 0.251. The first-order chi connectivity index (χ1) is 10.4. The molecule has 2 aliphatic rings. The molecule has 1 aromatic carbocycles. The summed E-state index contributed by atoms with van der Waals surface area (Å²) in [7, 11) is -2.15. The van der Waals surface area contributed by atoms with Crippen molar-refractivity contribution in [1.82, 2.24) is 9.62 Å².